The van der Waals surface area contributed by atoms with Crippen LogP contribution in [-0.4, -0.2) is 31.1 Å². The van der Waals surface area contributed by atoms with Gasteiger partial charge >= 0.3 is 0 Å². The summed E-state index contributed by atoms with van der Waals surface area (Å²) < 4.78 is 0. The normalized spacial score (nSPS) is 37.2. The summed E-state index contributed by atoms with van der Waals surface area (Å²) in [4.78, 5) is 2.30. The van der Waals surface area contributed by atoms with Gasteiger partial charge in [-0.3, -0.25) is 0 Å². The number of rotatable bonds is 2. The van der Waals surface area contributed by atoms with Gasteiger partial charge in [-0.25, -0.2) is 0 Å². The van der Waals surface area contributed by atoms with Gasteiger partial charge in [-0.05, 0) is 32.9 Å². The number of nitrogens with zero attached hydrogens (tertiary/aromatic N) is 1. The summed E-state index contributed by atoms with van der Waals surface area (Å²) in [6.07, 6.45) is 5.17. The second-order valence-electron chi connectivity index (χ2n) is 4.22. The summed E-state index contributed by atoms with van der Waals surface area (Å²) in [6, 6.07) is 1.02. The molecule has 72 valence electrons. The molecule has 0 saturated heterocycles. The second kappa shape index (κ2) is 4.24. The maximum atomic E-state index is 6.10. The third kappa shape index (κ3) is 1.99. The van der Waals surface area contributed by atoms with Crippen molar-refractivity contribution in [1.29, 1.82) is 0 Å². The molecule has 2 nitrogen and oxygen atoms in total. The SMILES string of the molecule is CCC1CCCC(N)C1N(C)C. The summed E-state index contributed by atoms with van der Waals surface area (Å²) in [5.74, 6) is 0.823. The summed E-state index contributed by atoms with van der Waals surface area (Å²) >= 11 is 0. The molecular formula is C10H22N2. The van der Waals surface area contributed by atoms with Gasteiger partial charge in [0.15, 0.2) is 0 Å². The molecular weight excluding hydrogens is 148 g/mol. The predicted octanol–water partition coefficient (Wildman–Crippen LogP) is 1.45. The van der Waals surface area contributed by atoms with E-state index in [9.17, 15) is 0 Å². The van der Waals surface area contributed by atoms with Crippen LogP contribution in [0.2, 0.25) is 0 Å². The van der Waals surface area contributed by atoms with Crippen LogP contribution in [0, 0.1) is 5.92 Å². The molecule has 2 heteroatoms. The highest BCUT2D eigenvalue weighted by Crippen LogP contribution is 2.28. The molecule has 1 aliphatic carbocycles. The van der Waals surface area contributed by atoms with Crippen LogP contribution in [0.15, 0.2) is 0 Å². The molecule has 1 aliphatic rings. The largest absolute Gasteiger partial charge is 0.326 e. The lowest BCUT2D eigenvalue weighted by atomic mass is 9.79. The van der Waals surface area contributed by atoms with Crippen LogP contribution in [-0.2, 0) is 0 Å². The van der Waals surface area contributed by atoms with Gasteiger partial charge in [-0.15, -0.1) is 0 Å². The smallest absolute Gasteiger partial charge is 0.0269 e. The lowest BCUT2D eigenvalue weighted by Gasteiger charge is -2.40. The first kappa shape index (κ1) is 10.0. The Labute approximate surface area is 76.1 Å². The van der Waals surface area contributed by atoms with Crippen LogP contribution in [0.3, 0.4) is 0 Å². The number of hydrogen-bond acceptors (Lipinski definition) is 2. The molecule has 0 amide bonds. The van der Waals surface area contributed by atoms with Crippen molar-refractivity contribution in [3.05, 3.63) is 0 Å². The molecule has 0 aromatic heterocycles. The molecule has 12 heavy (non-hydrogen) atoms. The molecule has 0 heterocycles. The Morgan fingerprint density at radius 1 is 1.33 bits per heavy atom. The monoisotopic (exact) mass is 170 g/mol. The zero-order valence-corrected chi connectivity index (χ0v) is 8.59. The highest BCUT2D eigenvalue weighted by Gasteiger charge is 2.31. The average Bonchev–Trinajstić information content (AvgIpc) is 2.03. The fraction of sp³-hybridized carbons (Fsp3) is 1.00. The zero-order chi connectivity index (χ0) is 9.14. The van der Waals surface area contributed by atoms with E-state index in [1.54, 1.807) is 0 Å². The van der Waals surface area contributed by atoms with Gasteiger partial charge in [-0.1, -0.05) is 19.8 Å². The minimum absolute atomic E-state index is 0.402. The van der Waals surface area contributed by atoms with Gasteiger partial charge in [0.05, 0.1) is 0 Å². The standard InChI is InChI=1S/C10H22N2/c1-4-8-6-5-7-9(11)10(8)12(2)3/h8-10H,4-7,11H2,1-3H3. The third-order valence-electron chi connectivity index (χ3n) is 3.15. The van der Waals surface area contributed by atoms with E-state index in [0.29, 0.717) is 12.1 Å². The van der Waals surface area contributed by atoms with Crippen LogP contribution in [0.4, 0.5) is 0 Å². The van der Waals surface area contributed by atoms with E-state index < -0.39 is 0 Å². The van der Waals surface area contributed by atoms with Crippen LogP contribution in [0.5, 0.6) is 0 Å². The summed E-state index contributed by atoms with van der Waals surface area (Å²) in [5.41, 5.74) is 6.10. The first-order chi connectivity index (χ1) is 5.66. The Bertz CT molecular complexity index is 134. The molecule has 0 aromatic rings. The first-order valence-electron chi connectivity index (χ1n) is 5.08. The predicted molar refractivity (Wildman–Crippen MR) is 53.1 cm³/mol. The molecule has 2 N–H and O–H groups in total. The van der Waals surface area contributed by atoms with Crippen molar-refractivity contribution < 1.29 is 0 Å². The van der Waals surface area contributed by atoms with Crippen molar-refractivity contribution in [3.8, 4) is 0 Å². The molecule has 3 atom stereocenters. The van der Waals surface area contributed by atoms with E-state index in [4.69, 9.17) is 5.73 Å². The van der Waals surface area contributed by atoms with E-state index in [0.717, 1.165) is 5.92 Å². The summed E-state index contributed by atoms with van der Waals surface area (Å²) in [6.45, 7) is 2.28. The fourth-order valence-electron chi connectivity index (χ4n) is 2.56. The minimum Gasteiger partial charge on any atom is -0.326 e. The summed E-state index contributed by atoms with van der Waals surface area (Å²) in [7, 11) is 4.30. The van der Waals surface area contributed by atoms with Crippen LogP contribution < -0.4 is 5.73 Å². The van der Waals surface area contributed by atoms with E-state index in [2.05, 4.69) is 25.9 Å². The second-order valence-corrected chi connectivity index (χ2v) is 4.22. The van der Waals surface area contributed by atoms with Crippen molar-refractivity contribution in [2.75, 3.05) is 14.1 Å². The van der Waals surface area contributed by atoms with Gasteiger partial charge < -0.3 is 10.6 Å². The number of hydrogen-bond donors (Lipinski definition) is 1. The third-order valence-corrected chi connectivity index (χ3v) is 3.15. The molecule has 3 unspecified atom stereocenters. The van der Waals surface area contributed by atoms with Crippen molar-refractivity contribution in [2.45, 2.75) is 44.7 Å². The quantitative estimate of drug-likeness (QED) is 0.679. The minimum atomic E-state index is 0.402. The molecule has 1 rings (SSSR count). The Kier molecular flexibility index (Phi) is 3.53. The van der Waals surface area contributed by atoms with Crippen molar-refractivity contribution in [2.24, 2.45) is 11.7 Å². The highest BCUT2D eigenvalue weighted by atomic mass is 15.1. The Morgan fingerprint density at radius 2 is 2.00 bits per heavy atom. The fourth-order valence-corrected chi connectivity index (χ4v) is 2.56. The maximum absolute atomic E-state index is 6.10. The number of nitrogens with two attached hydrogens (primary N) is 1. The topological polar surface area (TPSA) is 29.3 Å². The van der Waals surface area contributed by atoms with Crippen molar-refractivity contribution >= 4 is 0 Å². The van der Waals surface area contributed by atoms with Gasteiger partial charge in [0.1, 0.15) is 0 Å². The molecule has 0 bridgehead atoms. The average molecular weight is 170 g/mol. The van der Waals surface area contributed by atoms with Crippen molar-refractivity contribution in [3.63, 3.8) is 0 Å². The number of likely N-dealkylation sites (N-methyl/N-ethyl adjacent to an activating group) is 1. The van der Waals surface area contributed by atoms with Gasteiger partial charge in [0, 0.05) is 12.1 Å². The Morgan fingerprint density at radius 3 is 2.42 bits per heavy atom. The molecule has 1 saturated carbocycles. The molecule has 0 aromatic carbocycles. The van der Waals surface area contributed by atoms with E-state index in [1.165, 1.54) is 25.7 Å². The molecule has 1 fully saturated rings. The molecule has 0 spiro atoms. The van der Waals surface area contributed by atoms with Crippen LogP contribution in [0.25, 0.3) is 0 Å². The maximum Gasteiger partial charge on any atom is 0.0269 e. The lowest BCUT2D eigenvalue weighted by molar-refractivity contribution is 0.130. The first-order valence-corrected chi connectivity index (χ1v) is 5.08. The van der Waals surface area contributed by atoms with Gasteiger partial charge in [-0.2, -0.15) is 0 Å². The Balaban J connectivity index is 2.59. The molecule has 0 aliphatic heterocycles. The van der Waals surface area contributed by atoms with Crippen LogP contribution >= 0.6 is 0 Å². The van der Waals surface area contributed by atoms with E-state index >= 15 is 0 Å². The molecule has 0 radical (unpaired) electrons. The van der Waals surface area contributed by atoms with Gasteiger partial charge in [0.2, 0.25) is 0 Å². The highest BCUT2D eigenvalue weighted by molar-refractivity contribution is 4.89. The van der Waals surface area contributed by atoms with E-state index in [1.807, 2.05) is 0 Å². The lowest BCUT2D eigenvalue weighted by Crippen LogP contribution is -2.51. The summed E-state index contributed by atoms with van der Waals surface area (Å²) in [5, 5.41) is 0. The van der Waals surface area contributed by atoms with Crippen molar-refractivity contribution in [1.82, 2.24) is 4.90 Å². The van der Waals surface area contributed by atoms with E-state index in [-0.39, 0.29) is 0 Å². The van der Waals surface area contributed by atoms with Gasteiger partial charge in [0.25, 0.3) is 0 Å². The zero-order valence-electron chi connectivity index (χ0n) is 8.59. The Hall–Kier alpha value is -0.0800. The van der Waals surface area contributed by atoms with Crippen LogP contribution in [0.1, 0.15) is 32.6 Å².